The average Bonchev–Trinajstić information content (AvgIpc) is 2.55. The molecule has 0 atom stereocenters. The highest BCUT2D eigenvalue weighted by atomic mass is 35.5. The Kier molecular flexibility index (Phi) is 6.21. The van der Waals surface area contributed by atoms with Gasteiger partial charge in [-0.3, -0.25) is 4.79 Å². The van der Waals surface area contributed by atoms with Crippen molar-refractivity contribution in [3.05, 3.63) is 64.7 Å². The zero-order valence-electron chi connectivity index (χ0n) is 13.6. The maximum atomic E-state index is 12.2. The fourth-order valence-electron chi connectivity index (χ4n) is 2.03. The second-order valence-electron chi connectivity index (χ2n) is 5.61. The third kappa shape index (κ3) is 5.28. The molecule has 0 aliphatic rings. The average molecular weight is 346 g/mol. The molecule has 126 valence electrons. The molecule has 0 aromatic heterocycles. The zero-order chi connectivity index (χ0) is 17.5. The lowest BCUT2D eigenvalue weighted by molar-refractivity contribution is 0.102. The van der Waals surface area contributed by atoms with Crippen LogP contribution in [0.2, 0.25) is 5.02 Å². The molecule has 2 aromatic rings. The molecule has 5 nitrogen and oxygen atoms in total. The van der Waals surface area contributed by atoms with Gasteiger partial charge in [-0.25, -0.2) is 4.79 Å². The molecule has 0 saturated heterocycles. The Bertz CT molecular complexity index is 714. The summed E-state index contributed by atoms with van der Waals surface area (Å²) in [5, 5.41) is 8.76. The van der Waals surface area contributed by atoms with Crippen LogP contribution < -0.4 is 16.0 Å². The van der Waals surface area contributed by atoms with E-state index in [1.54, 1.807) is 48.5 Å². The van der Waals surface area contributed by atoms with Crippen molar-refractivity contribution in [2.45, 2.75) is 26.4 Å². The van der Waals surface area contributed by atoms with Gasteiger partial charge in [-0.05, 0) is 43.7 Å². The van der Waals surface area contributed by atoms with Gasteiger partial charge in [-0.15, -0.1) is 0 Å². The highest BCUT2D eigenvalue weighted by Crippen LogP contribution is 2.21. The van der Waals surface area contributed by atoms with Gasteiger partial charge in [0.15, 0.2) is 0 Å². The summed E-state index contributed by atoms with van der Waals surface area (Å²) in [6, 6.07) is 14.0. The number of anilines is 1. The van der Waals surface area contributed by atoms with Gasteiger partial charge in [-0.1, -0.05) is 35.9 Å². The van der Waals surface area contributed by atoms with Crippen molar-refractivity contribution in [1.29, 1.82) is 0 Å². The first-order valence-corrected chi connectivity index (χ1v) is 8.02. The number of carbonyl (C=O) groups excluding carboxylic acids is 2. The zero-order valence-corrected chi connectivity index (χ0v) is 14.4. The molecule has 0 fully saturated rings. The SMILES string of the molecule is CC(C)NC(=O)NCc1ccc(C(=O)Nc2ccccc2Cl)cc1. The number of nitrogens with one attached hydrogen (secondary N) is 3. The minimum Gasteiger partial charge on any atom is -0.336 e. The molecular weight excluding hydrogens is 326 g/mol. The van der Waals surface area contributed by atoms with Crippen molar-refractivity contribution >= 4 is 29.2 Å². The fourth-order valence-corrected chi connectivity index (χ4v) is 2.21. The van der Waals surface area contributed by atoms with E-state index in [1.807, 2.05) is 13.8 Å². The predicted octanol–water partition coefficient (Wildman–Crippen LogP) is 3.80. The fraction of sp³-hybridized carbons (Fsp3) is 0.222. The molecule has 0 aliphatic heterocycles. The van der Waals surface area contributed by atoms with Crippen LogP contribution >= 0.6 is 11.6 Å². The third-order valence-corrected chi connectivity index (χ3v) is 3.54. The van der Waals surface area contributed by atoms with Crippen LogP contribution in [-0.4, -0.2) is 18.0 Å². The summed E-state index contributed by atoms with van der Waals surface area (Å²) in [4.78, 5) is 23.8. The number of hydrogen-bond acceptors (Lipinski definition) is 2. The predicted molar refractivity (Wildman–Crippen MR) is 96.4 cm³/mol. The molecule has 2 aromatic carbocycles. The number of benzene rings is 2. The van der Waals surface area contributed by atoms with Gasteiger partial charge < -0.3 is 16.0 Å². The van der Waals surface area contributed by atoms with Crippen LogP contribution in [0.1, 0.15) is 29.8 Å². The number of halogens is 1. The number of carbonyl (C=O) groups is 2. The molecule has 0 bridgehead atoms. The van der Waals surface area contributed by atoms with Crippen LogP contribution in [0.3, 0.4) is 0 Å². The molecule has 0 aliphatic carbocycles. The molecule has 0 spiro atoms. The number of rotatable bonds is 5. The lowest BCUT2D eigenvalue weighted by Crippen LogP contribution is -2.39. The standard InChI is InChI=1S/C18H20ClN3O2/c1-12(2)21-18(24)20-11-13-7-9-14(10-8-13)17(23)22-16-6-4-3-5-15(16)19/h3-10,12H,11H2,1-2H3,(H,22,23)(H2,20,21,24). The van der Waals surface area contributed by atoms with Crippen molar-refractivity contribution in [3.63, 3.8) is 0 Å². The number of urea groups is 1. The molecule has 3 amide bonds. The molecule has 24 heavy (non-hydrogen) atoms. The minimum absolute atomic E-state index is 0.0842. The molecule has 0 heterocycles. The Morgan fingerprint density at radius 1 is 1.04 bits per heavy atom. The van der Waals surface area contributed by atoms with Gasteiger partial charge in [0.1, 0.15) is 0 Å². The Hall–Kier alpha value is -2.53. The summed E-state index contributed by atoms with van der Waals surface area (Å²) in [5.41, 5.74) is 1.99. The van der Waals surface area contributed by atoms with Crippen LogP contribution in [0, 0.1) is 0 Å². The quantitative estimate of drug-likeness (QED) is 0.771. The van der Waals surface area contributed by atoms with Crippen molar-refractivity contribution < 1.29 is 9.59 Å². The molecule has 6 heteroatoms. The summed E-state index contributed by atoms with van der Waals surface area (Å²) >= 11 is 6.03. The Morgan fingerprint density at radius 3 is 2.33 bits per heavy atom. The first kappa shape index (κ1) is 17.8. The summed E-state index contributed by atoms with van der Waals surface area (Å²) in [6.45, 7) is 4.18. The van der Waals surface area contributed by atoms with Crippen molar-refractivity contribution in [1.82, 2.24) is 10.6 Å². The highest BCUT2D eigenvalue weighted by Gasteiger charge is 2.08. The Morgan fingerprint density at radius 2 is 1.71 bits per heavy atom. The van der Waals surface area contributed by atoms with E-state index in [-0.39, 0.29) is 18.0 Å². The number of para-hydroxylation sites is 1. The van der Waals surface area contributed by atoms with E-state index < -0.39 is 0 Å². The van der Waals surface area contributed by atoms with E-state index in [2.05, 4.69) is 16.0 Å². The second kappa shape index (κ2) is 8.36. The van der Waals surface area contributed by atoms with Crippen LogP contribution in [0.25, 0.3) is 0 Å². The van der Waals surface area contributed by atoms with E-state index in [1.165, 1.54) is 0 Å². The smallest absolute Gasteiger partial charge is 0.315 e. The van der Waals surface area contributed by atoms with Crippen molar-refractivity contribution in [2.24, 2.45) is 0 Å². The first-order valence-electron chi connectivity index (χ1n) is 7.65. The van der Waals surface area contributed by atoms with Crippen LogP contribution in [0.5, 0.6) is 0 Å². The highest BCUT2D eigenvalue weighted by molar-refractivity contribution is 6.33. The van der Waals surface area contributed by atoms with Gasteiger partial charge in [0, 0.05) is 18.2 Å². The van der Waals surface area contributed by atoms with E-state index in [0.717, 1.165) is 5.56 Å². The first-order chi connectivity index (χ1) is 11.5. The third-order valence-electron chi connectivity index (χ3n) is 3.21. The van der Waals surface area contributed by atoms with Crippen LogP contribution in [0.15, 0.2) is 48.5 Å². The van der Waals surface area contributed by atoms with Gasteiger partial charge in [-0.2, -0.15) is 0 Å². The maximum absolute atomic E-state index is 12.2. The van der Waals surface area contributed by atoms with E-state index in [0.29, 0.717) is 22.8 Å². The van der Waals surface area contributed by atoms with Gasteiger partial charge in [0.2, 0.25) is 0 Å². The van der Waals surface area contributed by atoms with E-state index in [4.69, 9.17) is 11.6 Å². The van der Waals surface area contributed by atoms with Gasteiger partial charge >= 0.3 is 6.03 Å². The Labute approximate surface area is 146 Å². The summed E-state index contributed by atoms with van der Waals surface area (Å²) in [7, 11) is 0. The molecule has 0 radical (unpaired) electrons. The summed E-state index contributed by atoms with van der Waals surface area (Å²) < 4.78 is 0. The molecule has 3 N–H and O–H groups in total. The topological polar surface area (TPSA) is 70.2 Å². The van der Waals surface area contributed by atoms with Crippen molar-refractivity contribution in [2.75, 3.05) is 5.32 Å². The monoisotopic (exact) mass is 345 g/mol. The number of hydrogen-bond donors (Lipinski definition) is 3. The minimum atomic E-state index is -0.236. The van der Waals surface area contributed by atoms with Gasteiger partial charge in [0.05, 0.1) is 10.7 Å². The lowest BCUT2D eigenvalue weighted by Gasteiger charge is -2.10. The Balaban J connectivity index is 1.93. The van der Waals surface area contributed by atoms with Crippen molar-refractivity contribution in [3.8, 4) is 0 Å². The molecular formula is C18H20ClN3O2. The molecule has 2 rings (SSSR count). The van der Waals surface area contributed by atoms with Gasteiger partial charge in [0.25, 0.3) is 5.91 Å². The van der Waals surface area contributed by atoms with E-state index in [9.17, 15) is 9.59 Å². The van der Waals surface area contributed by atoms with E-state index >= 15 is 0 Å². The largest absolute Gasteiger partial charge is 0.336 e. The second-order valence-corrected chi connectivity index (χ2v) is 6.02. The summed E-state index contributed by atoms with van der Waals surface area (Å²) in [5.74, 6) is -0.236. The normalized spacial score (nSPS) is 10.3. The molecule has 0 unspecified atom stereocenters. The lowest BCUT2D eigenvalue weighted by atomic mass is 10.1. The van der Waals surface area contributed by atoms with Crippen LogP contribution in [0.4, 0.5) is 10.5 Å². The number of amides is 3. The van der Waals surface area contributed by atoms with Crippen LogP contribution in [-0.2, 0) is 6.54 Å². The summed E-state index contributed by atoms with van der Waals surface area (Å²) in [6.07, 6.45) is 0. The maximum Gasteiger partial charge on any atom is 0.315 e. The molecule has 0 saturated carbocycles.